The number of fused-ring (bicyclic) bond motifs is 7. The quantitative estimate of drug-likeness (QED) is 0.194. The molecule has 224 valence electrons. The van der Waals surface area contributed by atoms with Gasteiger partial charge in [0.05, 0.1) is 16.7 Å². The van der Waals surface area contributed by atoms with Gasteiger partial charge in [0.15, 0.2) is 0 Å². The van der Waals surface area contributed by atoms with Gasteiger partial charge in [0, 0.05) is 27.1 Å². The van der Waals surface area contributed by atoms with Gasteiger partial charge < -0.3 is 8.98 Å². The Hall–Kier alpha value is -6.38. The zero-order chi connectivity index (χ0) is 31.6. The van der Waals surface area contributed by atoms with Gasteiger partial charge in [-0.05, 0) is 93.2 Å². The molecule has 0 bridgehead atoms. The van der Waals surface area contributed by atoms with Crippen molar-refractivity contribution in [2.75, 3.05) is 0 Å². The number of aromatic nitrogens is 1. The molecule has 0 fully saturated rings. The van der Waals surface area contributed by atoms with Crippen LogP contribution in [0, 0.1) is 0 Å². The maximum Gasteiger partial charge on any atom is 0.135 e. The Balaban J connectivity index is 1.12. The van der Waals surface area contributed by atoms with Crippen LogP contribution in [0.3, 0.4) is 0 Å². The van der Waals surface area contributed by atoms with Crippen LogP contribution in [0.2, 0.25) is 0 Å². The fourth-order valence-corrected chi connectivity index (χ4v) is 7.47. The lowest BCUT2D eigenvalue weighted by molar-refractivity contribution is 0.669. The number of hydrogen-bond donors (Lipinski definition) is 0. The second-order valence-corrected chi connectivity index (χ2v) is 12.6. The van der Waals surface area contributed by atoms with Crippen LogP contribution in [-0.4, -0.2) is 4.57 Å². The minimum Gasteiger partial charge on any atom is -0.456 e. The summed E-state index contributed by atoms with van der Waals surface area (Å²) >= 11 is 0. The van der Waals surface area contributed by atoms with Gasteiger partial charge in [-0.15, -0.1) is 0 Å². The summed E-state index contributed by atoms with van der Waals surface area (Å²) in [4.78, 5) is 0. The smallest absolute Gasteiger partial charge is 0.135 e. The summed E-state index contributed by atoms with van der Waals surface area (Å²) in [5.41, 5.74) is 12.6. The van der Waals surface area contributed by atoms with E-state index in [4.69, 9.17) is 4.42 Å². The van der Waals surface area contributed by atoms with E-state index in [0.29, 0.717) is 0 Å². The fourth-order valence-electron chi connectivity index (χ4n) is 7.47. The van der Waals surface area contributed by atoms with Gasteiger partial charge in [0.2, 0.25) is 0 Å². The minimum absolute atomic E-state index is 0.914. The summed E-state index contributed by atoms with van der Waals surface area (Å²) in [6.07, 6.45) is 0. The Morgan fingerprint density at radius 3 is 1.90 bits per heavy atom. The zero-order valence-corrected chi connectivity index (χ0v) is 26.1. The van der Waals surface area contributed by atoms with Crippen molar-refractivity contribution < 1.29 is 4.42 Å². The van der Waals surface area contributed by atoms with Gasteiger partial charge in [-0.25, -0.2) is 0 Å². The maximum absolute atomic E-state index is 6.11. The van der Waals surface area contributed by atoms with E-state index < -0.39 is 0 Å². The molecule has 0 saturated heterocycles. The number of para-hydroxylation sites is 3. The summed E-state index contributed by atoms with van der Waals surface area (Å²) in [5.74, 6) is 0. The normalized spacial score (nSPS) is 11.8. The highest BCUT2D eigenvalue weighted by atomic mass is 16.3. The van der Waals surface area contributed by atoms with E-state index in [0.717, 1.165) is 27.6 Å². The summed E-state index contributed by atoms with van der Waals surface area (Å²) < 4.78 is 8.54. The third-order valence-electron chi connectivity index (χ3n) is 9.78. The second-order valence-electron chi connectivity index (χ2n) is 12.6. The lowest BCUT2D eigenvalue weighted by Gasteiger charge is -2.15. The van der Waals surface area contributed by atoms with Crippen molar-refractivity contribution in [3.8, 4) is 39.1 Å². The van der Waals surface area contributed by atoms with E-state index in [-0.39, 0.29) is 0 Å². The molecule has 0 unspecified atom stereocenters. The molecule has 2 heteroatoms. The highest BCUT2D eigenvalue weighted by Crippen LogP contribution is 2.39. The maximum atomic E-state index is 6.11. The van der Waals surface area contributed by atoms with Crippen LogP contribution in [0.4, 0.5) is 0 Å². The molecule has 0 amide bonds. The summed E-state index contributed by atoms with van der Waals surface area (Å²) in [5, 5.41) is 7.30. The van der Waals surface area contributed by atoms with Crippen molar-refractivity contribution in [2.45, 2.75) is 0 Å². The van der Waals surface area contributed by atoms with E-state index in [1.807, 2.05) is 12.1 Å². The molecular weight excluding hydrogens is 583 g/mol. The fraction of sp³-hybridized carbons (Fsp3) is 0. The highest BCUT2D eigenvalue weighted by molar-refractivity contribution is 6.11. The first-order valence-electron chi connectivity index (χ1n) is 16.4. The monoisotopic (exact) mass is 611 g/mol. The molecule has 8 aromatic carbocycles. The van der Waals surface area contributed by atoms with E-state index in [1.54, 1.807) is 0 Å². The molecule has 2 aromatic heterocycles. The Bertz CT molecular complexity index is 2850. The number of benzene rings is 8. The van der Waals surface area contributed by atoms with Crippen LogP contribution >= 0.6 is 0 Å². The van der Waals surface area contributed by atoms with Crippen molar-refractivity contribution in [3.63, 3.8) is 0 Å². The van der Waals surface area contributed by atoms with Crippen LogP contribution in [-0.2, 0) is 0 Å². The van der Waals surface area contributed by atoms with E-state index in [1.165, 1.54) is 66.0 Å². The van der Waals surface area contributed by atoms with Gasteiger partial charge >= 0.3 is 0 Å². The van der Waals surface area contributed by atoms with Gasteiger partial charge in [0.1, 0.15) is 11.2 Å². The molecule has 48 heavy (non-hydrogen) atoms. The van der Waals surface area contributed by atoms with Crippen LogP contribution in [0.5, 0.6) is 0 Å². The molecule has 0 saturated carbocycles. The standard InChI is InChI=1S/C46H29NO/c1-2-11-31-26-33(21-20-30(31)10-1)34-22-24-44-40(28-34)38-15-4-7-18-43(38)47(44)42-17-6-3-14-37(42)36-13-9-12-32(27-36)35-23-25-46-41(29-35)39-16-5-8-19-45(39)48-46/h1-29H. The highest BCUT2D eigenvalue weighted by Gasteiger charge is 2.17. The van der Waals surface area contributed by atoms with Gasteiger partial charge in [0.25, 0.3) is 0 Å². The van der Waals surface area contributed by atoms with Crippen LogP contribution in [0.25, 0.3) is 93.6 Å². The first kappa shape index (κ1) is 26.8. The van der Waals surface area contributed by atoms with Gasteiger partial charge in [-0.2, -0.15) is 0 Å². The molecule has 2 nitrogen and oxygen atoms in total. The van der Waals surface area contributed by atoms with E-state index in [9.17, 15) is 0 Å². The van der Waals surface area contributed by atoms with Gasteiger partial charge in [-0.3, -0.25) is 0 Å². The number of hydrogen-bond acceptors (Lipinski definition) is 1. The number of nitrogens with zero attached hydrogens (tertiary/aromatic N) is 1. The van der Waals surface area contributed by atoms with Crippen molar-refractivity contribution in [3.05, 3.63) is 176 Å². The zero-order valence-electron chi connectivity index (χ0n) is 26.1. The minimum atomic E-state index is 0.914. The molecule has 0 aliphatic rings. The van der Waals surface area contributed by atoms with Crippen molar-refractivity contribution in [1.82, 2.24) is 4.57 Å². The van der Waals surface area contributed by atoms with Crippen molar-refractivity contribution in [2.24, 2.45) is 0 Å². The Morgan fingerprint density at radius 2 is 0.958 bits per heavy atom. The molecule has 0 aliphatic heterocycles. The summed E-state index contributed by atoms with van der Waals surface area (Å²) in [6, 6.07) is 63.4. The molecule has 0 radical (unpaired) electrons. The SMILES string of the molecule is c1cc(-c2ccc3oc4ccccc4c3c2)cc(-c2ccccc2-n2c3ccccc3c3cc(-c4ccc5ccccc5c4)ccc32)c1. The Morgan fingerprint density at radius 1 is 0.333 bits per heavy atom. The summed E-state index contributed by atoms with van der Waals surface area (Å²) in [7, 11) is 0. The largest absolute Gasteiger partial charge is 0.456 e. The number of furan rings is 1. The average molecular weight is 612 g/mol. The Labute approximate surface area is 277 Å². The summed E-state index contributed by atoms with van der Waals surface area (Å²) in [6.45, 7) is 0. The molecule has 10 aromatic rings. The van der Waals surface area contributed by atoms with Crippen LogP contribution in [0.1, 0.15) is 0 Å². The van der Waals surface area contributed by atoms with Crippen molar-refractivity contribution >= 4 is 54.5 Å². The lowest BCUT2D eigenvalue weighted by Crippen LogP contribution is -1.97. The third kappa shape index (κ3) is 4.20. The average Bonchev–Trinajstić information content (AvgIpc) is 3.69. The predicted molar refractivity (Wildman–Crippen MR) is 202 cm³/mol. The molecule has 2 heterocycles. The molecule has 0 aliphatic carbocycles. The van der Waals surface area contributed by atoms with Crippen molar-refractivity contribution in [1.29, 1.82) is 0 Å². The predicted octanol–water partition coefficient (Wildman–Crippen LogP) is 12.8. The van der Waals surface area contributed by atoms with Crippen LogP contribution in [0.15, 0.2) is 180 Å². The lowest BCUT2D eigenvalue weighted by atomic mass is 9.97. The van der Waals surface area contributed by atoms with E-state index >= 15 is 0 Å². The molecular formula is C46H29NO. The second kappa shape index (κ2) is 10.6. The molecule has 0 atom stereocenters. The molecule has 0 spiro atoms. The van der Waals surface area contributed by atoms with E-state index in [2.05, 4.69) is 168 Å². The first-order valence-corrected chi connectivity index (χ1v) is 16.4. The molecule has 0 N–H and O–H groups in total. The Kier molecular flexibility index (Phi) is 5.91. The topological polar surface area (TPSA) is 18.1 Å². The first-order chi connectivity index (χ1) is 23.8. The third-order valence-corrected chi connectivity index (χ3v) is 9.78. The van der Waals surface area contributed by atoms with Crippen LogP contribution < -0.4 is 0 Å². The van der Waals surface area contributed by atoms with Gasteiger partial charge in [-0.1, -0.05) is 121 Å². The molecule has 10 rings (SSSR count). The number of rotatable bonds is 4.